The van der Waals surface area contributed by atoms with Crippen LogP contribution < -0.4 is 0 Å². The lowest BCUT2D eigenvalue weighted by Crippen LogP contribution is -2.39. The van der Waals surface area contributed by atoms with E-state index in [0.717, 1.165) is 12.8 Å². The smallest absolute Gasteiger partial charge is 0.331 e. The van der Waals surface area contributed by atoms with Gasteiger partial charge < -0.3 is 24.8 Å². The Balaban J connectivity index is 1.89. The molecule has 3 atom stereocenters. The van der Waals surface area contributed by atoms with E-state index >= 15 is 0 Å². The number of esters is 2. The minimum Gasteiger partial charge on any atom is -0.504 e. The van der Waals surface area contributed by atoms with Crippen LogP contribution in [0.25, 0.3) is 6.08 Å². The number of benzene rings is 1. The van der Waals surface area contributed by atoms with Gasteiger partial charge in [0.05, 0.1) is 18.6 Å². The van der Waals surface area contributed by atoms with Crippen LogP contribution in [-0.4, -0.2) is 46.1 Å². The van der Waals surface area contributed by atoms with Gasteiger partial charge in [0.25, 0.3) is 0 Å². The molecule has 0 aliphatic heterocycles. The van der Waals surface area contributed by atoms with Crippen molar-refractivity contribution in [3.8, 4) is 11.5 Å². The van der Waals surface area contributed by atoms with Gasteiger partial charge >= 0.3 is 11.9 Å². The minimum atomic E-state index is -0.820. The first-order valence-electron chi connectivity index (χ1n) is 9.16. The fourth-order valence-electron chi connectivity index (χ4n) is 2.89. The summed E-state index contributed by atoms with van der Waals surface area (Å²) in [5.41, 5.74) is 0.504. The molecular formula is C20H26O7. The van der Waals surface area contributed by atoms with Gasteiger partial charge in [-0.05, 0) is 43.0 Å². The molecule has 0 aromatic heterocycles. The van der Waals surface area contributed by atoms with Gasteiger partial charge in [0, 0.05) is 12.5 Å². The minimum absolute atomic E-state index is 0.228. The first-order valence-corrected chi connectivity index (χ1v) is 9.16. The van der Waals surface area contributed by atoms with Crippen molar-refractivity contribution in [2.45, 2.75) is 51.2 Å². The first kappa shape index (κ1) is 20.8. The highest BCUT2D eigenvalue weighted by atomic mass is 16.6. The molecule has 1 saturated carbocycles. The molecule has 7 heteroatoms. The average Bonchev–Trinajstić information content (AvgIpc) is 2.64. The lowest BCUT2D eigenvalue weighted by atomic mass is 9.85. The molecule has 1 unspecified atom stereocenters. The lowest BCUT2D eigenvalue weighted by molar-refractivity contribution is -0.162. The van der Waals surface area contributed by atoms with Crippen LogP contribution in [0.4, 0.5) is 0 Å². The predicted octanol–water partition coefficient (Wildman–Crippen LogP) is 2.53. The maximum absolute atomic E-state index is 12.1. The fourth-order valence-corrected chi connectivity index (χ4v) is 2.89. The number of carbonyl (C=O) groups excluding carboxylic acids is 2. The zero-order valence-electron chi connectivity index (χ0n) is 15.3. The van der Waals surface area contributed by atoms with Crippen LogP contribution >= 0.6 is 0 Å². The van der Waals surface area contributed by atoms with Gasteiger partial charge in [-0.2, -0.15) is 0 Å². The largest absolute Gasteiger partial charge is 0.504 e. The van der Waals surface area contributed by atoms with Crippen molar-refractivity contribution < 1.29 is 34.4 Å². The molecule has 27 heavy (non-hydrogen) atoms. The van der Waals surface area contributed by atoms with E-state index in [1.165, 1.54) is 30.4 Å². The Hall–Kier alpha value is -2.54. The molecule has 1 aromatic rings. The molecule has 7 nitrogen and oxygen atoms in total. The van der Waals surface area contributed by atoms with Crippen molar-refractivity contribution in [3.63, 3.8) is 0 Å². The maximum atomic E-state index is 12.1. The molecule has 0 bridgehead atoms. The van der Waals surface area contributed by atoms with E-state index in [-0.39, 0.29) is 29.8 Å². The van der Waals surface area contributed by atoms with Crippen molar-refractivity contribution in [2.75, 3.05) is 6.61 Å². The summed E-state index contributed by atoms with van der Waals surface area (Å²) < 4.78 is 10.5. The number of phenols is 2. The molecule has 148 valence electrons. The molecule has 2 rings (SSSR count). The molecule has 1 aromatic carbocycles. The van der Waals surface area contributed by atoms with Crippen molar-refractivity contribution in [2.24, 2.45) is 5.92 Å². The lowest BCUT2D eigenvalue weighted by Gasteiger charge is -2.31. The Labute approximate surface area is 158 Å². The van der Waals surface area contributed by atoms with Crippen LogP contribution in [0.5, 0.6) is 11.5 Å². The maximum Gasteiger partial charge on any atom is 0.331 e. The summed E-state index contributed by atoms with van der Waals surface area (Å²) in [7, 11) is 0. The predicted molar refractivity (Wildman–Crippen MR) is 97.9 cm³/mol. The summed E-state index contributed by atoms with van der Waals surface area (Å²) in [5, 5.41) is 28.8. The van der Waals surface area contributed by atoms with E-state index in [2.05, 4.69) is 0 Å². The van der Waals surface area contributed by atoms with E-state index in [1.807, 2.05) is 6.92 Å². The molecule has 0 saturated heterocycles. The van der Waals surface area contributed by atoms with Gasteiger partial charge in [-0.3, -0.25) is 4.79 Å². The third kappa shape index (κ3) is 6.29. The van der Waals surface area contributed by atoms with Crippen molar-refractivity contribution in [1.29, 1.82) is 0 Å². The Morgan fingerprint density at radius 1 is 1.22 bits per heavy atom. The molecule has 0 spiro atoms. The van der Waals surface area contributed by atoms with E-state index in [4.69, 9.17) is 9.47 Å². The van der Waals surface area contributed by atoms with Crippen molar-refractivity contribution >= 4 is 18.0 Å². The highest BCUT2D eigenvalue weighted by Gasteiger charge is 2.35. The van der Waals surface area contributed by atoms with Crippen LogP contribution in [0, 0.1) is 5.92 Å². The van der Waals surface area contributed by atoms with Gasteiger partial charge in [-0.1, -0.05) is 19.4 Å². The average molecular weight is 378 g/mol. The summed E-state index contributed by atoms with van der Waals surface area (Å²) in [5.74, 6) is -1.91. The van der Waals surface area contributed by atoms with Crippen LogP contribution in [-0.2, 0) is 19.1 Å². The van der Waals surface area contributed by atoms with Crippen molar-refractivity contribution in [3.05, 3.63) is 29.8 Å². The number of phenolic OH excluding ortho intramolecular Hbond substituents is 2. The second-order valence-corrected chi connectivity index (χ2v) is 6.66. The summed E-state index contributed by atoms with van der Waals surface area (Å²) in [6.45, 7) is 2.38. The second kappa shape index (κ2) is 9.97. The molecule has 0 radical (unpaired) electrons. The SMILES string of the molecule is CCCCOC(=O)C1CC[C@@H](O)[C@H](OC(=O)/C=C/c2ccc(O)c(O)c2)C1. The molecule has 3 N–H and O–H groups in total. The topological polar surface area (TPSA) is 113 Å². The number of hydrogen-bond acceptors (Lipinski definition) is 7. The normalized spacial score (nSPS) is 22.5. The highest BCUT2D eigenvalue weighted by molar-refractivity contribution is 5.87. The summed E-state index contributed by atoms with van der Waals surface area (Å²) >= 11 is 0. The number of ether oxygens (including phenoxy) is 2. The number of unbranched alkanes of at least 4 members (excludes halogenated alkanes) is 1. The van der Waals surface area contributed by atoms with E-state index < -0.39 is 18.2 Å². The number of aliphatic hydroxyl groups excluding tert-OH is 1. The Bertz CT molecular complexity index is 683. The van der Waals surface area contributed by atoms with Crippen LogP contribution in [0.2, 0.25) is 0 Å². The third-order valence-electron chi connectivity index (χ3n) is 4.51. The molecule has 1 fully saturated rings. The number of hydrogen-bond donors (Lipinski definition) is 3. The van der Waals surface area contributed by atoms with Crippen LogP contribution in [0.1, 0.15) is 44.6 Å². The van der Waals surface area contributed by atoms with Crippen LogP contribution in [0.15, 0.2) is 24.3 Å². The van der Waals surface area contributed by atoms with Gasteiger partial charge in [-0.15, -0.1) is 0 Å². The zero-order valence-corrected chi connectivity index (χ0v) is 15.3. The number of aliphatic hydroxyl groups is 1. The second-order valence-electron chi connectivity index (χ2n) is 6.66. The zero-order chi connectivity index (χ0) is 19.8. The molecule has 0 heterocycles. The monoisotopic (exact) mass is 378 g/mol. The van der Waals surface area contributed by atoms with E-state index in [1.54, 1.807) is 0 Å². The van der Waals surface area contributed by atoms with Gasteiger partial charge in [0.15, 0.2) is 11.5 Å². The molecule has 0 amide bonds. The molecule has 1 aliphatic rings. The summed E-state index contributed by atoms with van der Waals surface area (Å²) in [4.78, 5) is 24.1. The molecular weight excluding hydrogens is 352 g/mol. The van der Waals surface area contributed by atoms with Crippen molar-refractivity contribution in [1.82, 2.24) is 0 Å². The molecule has 1 aliphatic carbocycles. The standard InChI is InChI=1S/C20H26O7/c1-2-3-10-26-20(25)14-6-8-16(22)18(12-14)27-19(24)9-5-13-4-7-15(21)17(23)11-13/h4-5,7,9,11,14,16,18,21-23H,2-3,6,8,10,12H2,1H3/b9-5+/t14?,16-,18-/m1/s1. The fraction of sp³-hybridized carbons (Fsp3) is 0.500. The quantitative estimate of drug-likeness (QED) is 0.289. The van der Waals surface area contributed by atoms with E-state index in [9.17, 15) is 24.9 Å². The van der Waals surface area contributed by atoms with Gasteiger partial charge in [-0.25, -0.2) is 4.79 Å². The number of carbonyl (C=O) groups is 2. The van der Waals surface area contributed by atoms with Crippen LogP contribution in [0.3, 0.4) is 0 Å². The number of aromatic hydroxyl groups is 2. The third-order valence-corrected chi connectivity index (χ3v) is 4.51. The summed E-state index contributed by atoms with van der Waals surface area (Å²) in [6, 6.07) is 4.13. The Morgan fingerprint density at radius 2 is 2.00 bits per heavy atom. The van der Waals surface area contributed by atoms with Gasteiger partial charge in [0.1, 0.15) is 6.10 Å². The Morgan fingerprint density at radius 3 is 2.70 bits per heavy atom. The summed E-state index contributed by atoms with van der Waals surface area (Å²) in [6.07, 6.45) is 3.83. The Kier molecular flexibility index (Phi) is 7.67. The van der Waals surface area contributed by atoms with E-state index in [0.29, 0.717) is 25.0 Å². The van der Waals surface area contributed by atoms with Gasteiger partial charge in [0.2, 0.25) is 0 Å². The highest BCUT2D eigenvalue weighted by Crippen LogP contribution is 2.28. The first-order chi connectivity index (χ1) is 12.9. The number of rotatable bonds is 7.